The molecule has 182 valence electrons. The Balaban J connectivity index is 1.45. The second kappa shape index (κ2) is 9.30. The van der Waals surface area contributed by atoms with Crippen molar-refractivity contribution in [3.63, 3.8) is 0 Å². The minimum atomic E-state index is -1.33. The number of fused-ring (bicyclic) bond motifs is 1. The van der Waals surface area contributed by atoms with Crippen LogP contribution in [0.25, 0.3) is 11.2 Å². The van der Waals surface area contributed by atoms with Gasteiger partial charge in [-0.1, -0.05) is 30.0 Å². The fraction of sp³-hybridized carbons (Fsp3) is 0.524. The van der Waals surface area contributed by atoms with E-state index in [1.54, 1.807) is 6.07 Å². The van der Waals surface area contributed by atoms with Crippen molar-refractivity contribution in [1.82, 2.24) is 25.0 Å². The first-order valence-corrected chi connectivity index (χ1v) is 12.0. The van der Waals surface area contributed by atoms with E-state index in [9.17, 15) is 24.1 Å². The Labute approximate surface area is 197 Å². The molecule has 6 atom stereocenters. The number of aliphatic hydroxyl groups is 3. The fourth-order valence-electron chi connectivity index (χ4n) is 4.06. The molecule has 1 aliphatic heterocycles. The van der Waals surface area contributed by atoms with Gasteiger partial charge in [0.05, 0.1) is 6.61 Å². The highest BCUT2D eigenvalue weighted by Gasteiger charge is 2.45. The van der Waals surface area contributed by atoms with Crippen molar-refractivity contribution in [1.29, 1.82) is 0 Å². The summed E-state index contributed by atoms with van der Waals surface area (Å²) in [6.45, 7) is 1.57. The van der Waals surface area contributed by atoms with E-state index in [-0.39, 0.29) is 12.0 Å². The molecule has 13 heteroatoms. The van der Waals surface area contributed by atoms with Crippen molar-refractivity contribution in [2.24, 2.45) is 0 Å². The van der Waals surface area contributed by atoms with E-state index in [0.29, 0.717) is 34.1 Å². The number of aromatic nitrogens is 5. The molecule has 0 radical (unpaired) electrons. The summed E-state index contributed by atoms with van der Waals surface area (Å²) in [5, 5.41) is 42.0. The molecule has 34 heavy (non-hydrogen) atoms. The number of nitrogens with one attached hydrogen (secondary N) is 1. The van der Waals surface area contributed by atoms with Crippen LogP contribution in [0.5, 0.6) is 0 Å². The number of thioether (sulfide) groups is 1. The summed E-state index contributed by atoms with van der Waals surface area (Å²) in [4.78, 5) is 9.12. The summed E-state index contributed by atoms with van der Waals surface area (Å²) >= 11 is 1.44. The van der Waals surface area contributed by atoms with Crippen molar-refractivity contribution in [2.45, 2.75) is 61.4 Å². The molecule has 2 aromatic heterocycles. The molecule has 1 aliphatic carbocycles. The summed E-state index contributed by atoms with van der Waals surface area (Å²) < 4.78 is 33.8. The monoisotopic (exact) mass is 494 g/mol. The lowest BCUT2D eigenvalue weighted by Gasteiger charge is -2.15. The molecule has 10 nitrogen and oxygen atoms in total. The zero-order valence-electron chi connectivity index (χ0n) is 18.2. The molecule has 2 fully saturated rings. The predicted octanol–water partition coefficient (Wildman–Crippen LogP) is 1.58. The van der Waals surface area contributed by atoms with Crippen molar-refractivity contribution < 1.29 is 28.8 Å². The van der Waals surface area contributed by atoms with Gasteiger partial charge < -0.3 is 25.4 Å². The van der Waals surface area contributed by atoms with Crippen LogP contribution in [0.15, 0.2) is 23.4 Å². The summed E-state index contributed by atoms with van der Waals surface area (Å²) in [6, 6.07) is 3.83. The van der Waals surface area contributed by atoms with Crippen molar-refractivity contribution in [3.8, 4) is 0 Å². The first-order valence-electron chi connectivity index (χ1n) is 11.0. The molecular formula is C21H24F2N6O4S. The summed E-state index contributed by atoms with van der Waals surface area (Å²) in [6.07, 6.45) is -3.05. The third-order valence-electron chi connectivity index (χ3n) is 5.98. The van der Waals surface area contributed by atoms with Gasteiger partial charge in [0.2, 0.25) is 0 Å². The van der Waals surface area contributed by atoms with Gasteiger partial charge in [0.25, 0.3) is 0 Å². The van der Waals surface area contributed by atoms with Gasteiger partial charge in [-0.25, -0.2) is 18.7 Å². The van der Waals surface area contributed by atoms with E-state index >= 15 is 0 Å². The Hall–Kier alpha value is -2.45. The minimum Gasteiger partial charge on any atom is -0.394 e. The zero-order chi connectivity index (χ0) is 24.0. The molecule has 5 rings (SSSR count). The lowest BCUT2D eigenvalue weighted by atomic mass is 10.1. The number of halogens is 2. The summed E-state index contributed by atoms with van der Waals surface area (Å²) in [5.41, 5.74) is 1.34. The van der Waals surface area contributed by atoms with Crippen LogP contribution in [0.3, 0.4) is 0 Å². The first-order chi connectivity index (χ1) is 16.4. The maximum atomic E-state index is 13.7. The van der Waals surface area contributed by atoms with E-state index < -0.39 is 42.8 Å². The number of ether oxygens (including phenoxy) is 1. The highest BCUT2D eigenvalue weighted by Crippen LogP contribution is 2.44. The average molecular weight is 495 g/mol. The Morgan fingerprint density at radius 2 is 2.03 bits per heavy atom. The maximum absolute atomic E-state index is 13.7. The van der Waals surface area contributed by atoms with Gasteiger partial charge in [0, 0.05) is 17.7 Å². The van der Waals surface area contributed by atoms with Crippen LogP contribution in [-0.4, -0.2) is 77.0 Å². The van der Waals surface area contributed by atoms with Crippen LogP contribution in [0, 0.1) is 11.6 Å². The SMILES string of the molecule is CCCSc1nc(NC2CC2c2ccc(F)c(F)c2)c2nnn([C@@H]3O[C@H](CO)[C@@H](O)[C@H]3O)c2n1. The summed E-state index contributed by atoms with van der Waals surface area (Å²) in [7, 11) is 0. The Kier molecular flexibility index (Phi) is 6.37. The van der Waals surface area contributed by atoms with Crippen molar-refractivity contribution >= 4 is 28.7 Å². The molecule has 2 aliphatic rings. The third kappa shape index (κ3) is 4.22. The van der Waals surface area contributed by atoms with Crippen LogP contribution in [0.2, 0.25) is 0 Å². The highest BCUT2D eigenvalue weighted by atomic mass is 32.2. The van der Waals surface area contributed by atoms with E-state index in [4.69, 9.17) is 4.74 Å². The molecule has 1 saturated carbocycles. The normalized spacial score (nSPS) is 28.5. The Morgan fingerprint density at radius 3 is 2.74 bits per heavy atom. The van der Waals surface area contributed by atoms with Gasteiger partial charge in [-0.05, 0) is 30.5 Å². The van der Waals surface area contributed by atoms with E-state index in [2.05, 4.69) is 25.6 Å². The molecule has 3 heterocycles. The standard InChI is InChI=1S/C21H24F2N6O4S/c1-2-5-34-21-25-18(24-13-7-10(13)9-3-4-11(22)12(23)6-9)15-19(26-21)29(28-27-15)20-17(32)16(31)14(8-30)33-20/h3-4,6,10,13-14,16-17,20,30-32H,2,5,7-8H2,1H3,(H,24,25,26)/t10?,13?,14-,16-,17-,20-/m1/s1. The van der Waals surface area contributed by atoms with Gasteiger partial charge in [0.15, 0.2) is 40.0 Å². The van der Waals surface area contributed by atoms with Crippen molar-refractivity contribution in [3.05, 3.63) is 35.4 Å². The maximum Gasteiger partial charge on any atom is 0.191 e. The van der Waals surface area contributed by atoms with Crippen molar-refractivity contribution in [2.75, 3.05) is 17.7 Å². The topological polar surface area (TPSA) is 138 Å². The lowest BCUT2D eigenvalue weighted by Crippen LogP contribution is -2.33. The average Bonchev–Trinajstić information content (AvgIpc) is 3.37. The highest BCUT2D eigenvalue weighted by molar-refractivity contribution is 7.99. The Morgan fingerprint density at radius 1 is 1.21 bits per heavy atom. The fourth-order valence-corrected chi connectivity index (χ4v) is 4.76. The smallest absolute Gasteiger partial charge is 0.191 e. The number of anilines is 1. The molecule has 1 aromatic carbocycles. The van der Waals surface area contributed by atoms with E-state index in [1.807, 2.05) is 6.92 Å². The molecule has 0 amide bonds. The number of benzene rings is 1. The van der Waals surface area contributed by atoms with Gasteiger partial charge in [0.1, 0.15) is 18.3 Å². The minimum absolute atomic E-state index is 0.0117. The molecule has 0 bridgehead atoms. The van der Waals surface area contributed by atoms with Gasteiger partial charge in [-0.3, -0.25) is 0 Å². The first kappa shape index (κ1) is 23.3. The lowest BCUT2D eigenvalue weighted by molar-refractivity contribution is -0.0575. The molecule has 2 unspecified atom stereocenters. The third-order valence-corrected chi connectivity index (χ3v) is 7.03. The zero-order valence-corrected chi connectivity index (χ0v) is 19.0. The number of hydrogen-bond acceptors (Lipinski definition) is 10. The number of aliphatic hydroxyl groups excluding tert-OH is 3. The van der Waals surface area contributed by atoms with Crippen LogP contribution in [0.4, 0.5) is 14.6 Å². The van der Waals surface area contributed by atoms with Crippen LogP contribution >= 0.6 is 11.8 Å². The molecule has 1 saturated heterocycles. The molecular weight excluding hydrogens is 470 g/mol. The van der Waals surface area contributed by atoms with Gasteiger partial charge in [-0.2, -0.15) is 4.68 Å². The quantitative estimate of drug-likeness (QED) is 0.270. The Bertz CT molecular complexity index is 1200. The second-order valence-electron chi connectivity index (χ2n) is 8.40. The van der Waals surface area contributed by atoms with Gasteiger partial charge in [-0.15, -0.1) is 5.10 Å². The molecule has 4 N–H and O–H groups in total. The van der Waals surface area contributed by atoms with Crippen LogP contribution in [0.1, 0.15) is 37.5 Å². The van der Waals surface area contributed by atoms with Gasteiger partial charge >= 0.3 is 0 Å². The number of hydrogen-bond donors (Lipinski definition) is 4. The second-order valence-corrected chi connectivity index (χ2v) is 9.47. The molecule has 0 spiro atoms. The van der Waals surface area contributed by atoms with Crippen LogP contribution in [-0.2, 0) is 4.74 Å². The molecule has 3 aromatic rings. The number of rotatable bonds is 8. The van der Waals surface area contributed by atoms with Crippen LogP contribution < -0.4 is 5.32 Å². The van der Waals surface area contributed by atoms with E-state index in [1.165, 1.54) is 22.5 Å². The largest absolute Gasteiger partial charge is 0.394 e. The number of nitrogens with zero attached hydrogens (tertiary/aromatic N) is 5. The van der Waals surface area contributed by atoms with E-state index in [0.717, 1.165) is 18.2 Å². The predicted molar refractivity (Wildman–Crippen MR) is 118 cm³/mol. The summed E-state index contributed by atoms with van der Waals surface area (Å²) in [5.74, 6) is -0.571.